The van der Waals surface area contributed by atoms with Crippen molar-refractivity contribution in [2.24, 2.45) is 5.92 Å². The fourth-order valence-electron chi connectivity index (χ4n) is 4.36. The van der Waals surface area contributed by atoms with Crippen molar-refractivity contribution in [2.45, 2.75) is 96.8 Å². The summed E-state index contributed by atoms with van der Waals surface area (Å²) in [5.74, 6) is 0.604. The molecule has 126 valence electrons. The van der Waals surface area contributed by atoms with E-state index in [-0.39, 0.29) is 29.2 Å². The minimum atomic E-state index is -0.178. The predicted molar refractivity (Wildman–Crippen MR) is 92.9 cm³/mol. The number of hydrogen-bond donors (Lipinski definition) is 0. The third kappa shape index (κ3) is 3.04. The molecule has 1 saturated carbocycles. The van der Waals surface area contributed by atoms with Gasteiger partial charge in [0.15, 0.2) is 0 Å². The second-order valence-corrected chi connectivity index (χ2v) is 8.98. The summed E-state index contributed by atoms with van der Waals surface area (Å²) < 4.78 is 0. The van der Waals surface area contributed by atoms with Crippen molar-refractivity contribution in [1.29, 1.82) is 0 Å². The van der Waals surface area contributed by atoms with Gasteiger partial charge in [-0.2, -0.15) is 0 Å². The average Bonchev–Trinajstić information content (AvgIpc) is 2.72. The molecule has 0 aromatic carbocycles. The minimum absolute atomic E-state index is 0.120. The molecule has 0 radical (unpaired) electrons. The molecule has 0 unspecified atom stereocenters. The number of nitrogens with zero attached hydrogens (tertiary/aromatic N) is 2. The number of amides is 2. The predicted octanol–water partition coefficient (Wildman–Crippen LogP) is 4.82. The van der Waals surface area contributed by atoms with Crippen LogP contribution in [0.3, 0.4) is 0 Å². The molecule has 0 aromatic heterocycles. The quantitative estimate of drug-likeness (QED) is 0.671. The van der Waals surface area contributed by atoms with Crippen LogP contribution in [0.1, 0.15) is 73.6 Å². The second kappa shape index (κ2) is 5.90. The molecule has 3 nitrogen and oxygen atoms in total. The molecule has 0 spiro atoms. The van der Waals surface area contributed by atoms with Gasteiger partial charge in [-0.25, -0.2) is 4.79 Å². The number of carbonyl (C=O) groups is 1. The Balaban J connectivity index is 2.44. The van der Waals surface area contributed by atoms with Crippen LogP contribution >= 0.6 is 0 Å². The lowest BCUT2D eigenvalue weighted by Gasteiger charge is -2.41. The molecular weight excluding hydrogens is 272 g/mol. The summed E-state index contributed by atoms with van der Waals surface area (Å²) in [4.78, 5) is 17.4. The van der Waals surface area contributed by atoms with Gasteiger partial charge in [0.1, 0.15) is 0 Å². The van der Waals surface area contributed by atoms with Crippen molar-refractivity contribution in [2.75, 3.05) is 0 Å². The molecule has 1 saturated heterocycles. The van der Waals surface area contributed by atoms with Gasteiger partial charge in [-0.3, -0.25) is 0 Å². The largest absolute Gasteiger partial charge is 0.321 e. The van der Waals surface area contributed by atoms with Crippen molar-refractivity contribution in [3.05, 3.63) is 12.7 Å². The zero-order chi connectivity index (χ0) is 16.7. The molecule has 3 heteroatoms. The number of hydrogen-bond acceptors (Lipinski definition) is 1. The Morgan fingerprint density at radius 1 is 0.955 bits per heavy atom. The Morgan fingerprint density at radius 3 is 1.86 bits per heavy atom. The summed E-state index contributed by atoms with van der Waals surface area (Å²) in [6.45, 7) is 17.0. The standard InChI is InChI=1S/C19H34N2O/c1-8-15-16(14-12-10-9-11-13-14)21(19(5,6)7)17(22)20(15)18(2,3)4/h8,14-16H,1,9-13H2,2-7H3/t15-,16-/m0/s1. The lowest BCUT2D eigenvalue weighted by atomic mass is 9.79. The minimum Gasteiger partial charge on any atom is -0.314 e. The van der Waals surface area contributed by atoms with E-state index in [1.165, 1.54) is 32.1 Å². The maximum Gasteiger partial charge on any atom is 0.321 e. The van der Waals surface area contributed by atoms with Gasteiger partial charge in [-0.05, 0) is 60.3 Å². The summed E-state index contributed by atoms with van der Waals surface area (Å²) in [5, 5.41) is 0. The average molecular weight is 306 g/mol. The van der Waals surface area contributed by atoms with E-state index in [0.717, 1.165) is 0 Å². The third-order valence-corrected chi connectivity index (χ3v) is 5.18. The van der Waals surface area contributed by atoms with Crippen molar-refractivity contribution >= 4 is 6.03 Å². The lowest BCUT2D eigenvalue weighted by molar-refractivity contribution is 0.0936. The molecule has 2 atom stereocenters. The molecule has 2 amide bonds. The van der Waals surface area contributed by atoms with E-state index in [4.69, 9.17) is 0 Å². The van der Waals surface area contributed by atoms with Gasteiger partial charge in [-0.1, -0.05) is 25.3 Å². The van der Waals surface area contributed by atoms with E-state index >= 15 is 0 Å². The van der Waals surface area contributed by atoms with Gasteiger partial charge in [0.05, 0.1) is 12.1 Å². The van der Waals surface area contributed by atoms with E-state index in [1.54, 1.807) is 0 Å². The van der Waals surface area contributed by atoms with Crippen molar-refractivity contribution in [3.8, 4) is 0 Å². The van der Waals surface area contributed by atoms with Crippen LogP contribution in [0.15, 0.2) is 12.7 Å². The number of carbonyl (C=O) groups excluding carboxylic acids is 1. The van der Waals surface area contributed by atoms with E-state index in [0.29, 0.717) is 5.92 Å². The Bertz CT molecular complexity index is 424. The highest BCUT2D eigenvalue weighted by Gasteiger charge is 2.54. The van der Waals surface area contributed by atoms with Gasteiger partial charge < -0.3 is 9.80 Å². The molecule has 2 rings (SSSR count). The zero-order valence-corrected chi connectivity index (χ0v) is 15.4. The third-order valence-electron chi connectivity index (χ3n) is 5.18. The second-order valence-electron chi connectivity index (χ2n) is 8.98. The fraction of sp³-hybridized carbons (Fsp3) is 0.842. The summed E-state index contributed by atoms with van der Waals surface area (Å²) in [6, 6.07) is 0.569. The van der Waals surface area contributed by atoms with Crippen LogP contribution in [0, 0.1) is 5.92 Å². The van der Waals surface area contributed by atoms with Crippen LogP contribution in [0.2, 0.25) is 0 Å². The molecule has 1 aliphatic heterocycles. The molecule has 22 heavy (non-hydrogen) atoms. The first kappa shape index (κ1) is 17.4. The summed E-state index contributed by atoms with van der Waals surface area (Å²) in [7, 11) is 0. The zero-order valence-electron chi connectivity index (χ0n) is 15.4. The lowest BCUT2D eigenvalue weighted by Crippen LogP contribution is -2.52. The number of rotatable bonds is 2. The molecule has 1 heterocycles. The van der Waals surface area contributed by atoms with E-state index in [2.05, 4.69) is 57.9 Å². The topological polar surface area (TPSA) is 23.6 Å². The van der Waals surface area contributed by atoms with Crippen LogP contribution in [0.4, 0.5) is 4.79 Å². The van der Waals surface area contributed by atoms with E-state index in [9.17, 15) is 4.79 Å². The molecule has 0 bridgehead atoms. The SMILES string of the molecule is C=C[C@H]1[C@H](C2CCCCC2)N(C(C)(C)C)C(=O)N1C(C)(C)C. The Kier molecular flexibility index (Phi) is 4.66. The maximum atomic E-state index is 13.2. The van der Waals surface area contributed by atoms with Gasteiger partial charge in [0.25, 0.3) is 0 Å². The first-order valence-electron chi connectivity index (χ1n) is 8.84. The monoisotopic (exact) mass is 306 g/mol. The molecule has 2 fully saturated rings. The summed E-state index contributed by atoms with van der Waals surface area (Å²) in [6.07, 6.45) is 8.43. The highest BCUT2D eigenvalue weighted by Crippen LogP contribution is 2.42. The van der Waals surface area contributed by atoms with E-state index in [1.807, 2.05) is 6.08 Å². The molecule has 1 aliphatic carbocycles. The van der Waals surface area contributed by atoms with Gasteiger partial charge in [0.2, 0.25) is 0 Å². The van der Waals surface area contributed by atoms with Crippen molar-refractivity contribution < 1.29 is 4.79 Å². The molecule has 0 aromatic rings. The first-order valence-corrected chi connectivity index (χ1v) is 8.84. The van der Waals surface area contributed by atoms with Gasteiger partial charge in [-0.15, -0.1) is 6.58 Å². The summed E-state index contributed by atoms with van der Waals surface area (Å²) >= 11 is 0. The summed E-state index contributed by atoms with van der Waals surface area (Å²) in [5.41, 5.74) is -0.330. The molecule has 2 aliphatic rings. The van der Waals surface area contributed by atoms with Crippen molar-refractivity contribution in [3.63, 3.8) is 0 Å². The van der Waals surface area contributed by atoms with Crippen LogP contribution in [-0.4, -0.2) is 39.0 Å². The molecular formula is C19H34N2O. The Morgan fingerprint density at radius 2 is 1.45 bits per heavy atom. The van der Waals surface area contributed by atoms with Crippen LogP contribution in [-0.2, 0) is 0 Å². The maximum absolute atomic E-state index is 13.2. The van der Waals surface area contributed by atoms with Gasteiger partial charge >= 0.3 is 6.03 Å². The first-order chi connectivity index (χ1) is 10.1. The van der Waals surface area contributed by atoms with Crippen LogP contribution in [0.25, 0.3) is 0 Å². The number of urea groups is 1. The molecule has 0 N–H and O–H groups in total. The van der Waals surface area contributed by atoms with Gasteiger partial charge in [0, 0.05) is 11.1 Å². The van der Waals surface area contributed by atoms with E-state index < -0.39 is 0 Å². The van der Waals surface area contributed by atoms with Crippen molar-refractivity contribution in [1.82, 2.24) is 9.80 Å². The highest BCUT2D eigenvalue weighted by molar-refractivity contribution is 5.80. The Hall–Kier alpha value is -0.990. The highest BCUT2D eigenvalue weighted by atomic mass is 16.2. The normalized spacial score (nSPS) is 28.4. The smallest absolute Gasteiger partial charge is 0.314 e. The fourth-order valence-corrected chi connectivity index (χ4v) is 4.36. The Labute approximate surface area is 136 Å². The van der Waals surface area contributed by atoms with Crippen LogP contribution < -0.4 is 0 Å². The van der Waals surface area contributed by atoms with Crippen LogP contribution in [0.5, 0.6) is 0 Å².